The Balaban J connectivity index is 1.71. The highest BCUT2D eigenvalue weighted by molar-refractivity contribution is 5.44. The van der Waals surface area contributed by atoms with E-state index in [1.54, 1.807) is 21.3 Å². The fourth-order valence-corrected chi connectivity index (χ4v) is 4.71. The van der Waals surface area contributed by atoms with Crippen molar-refractivity contribution < 1.29 is 19.3 Å². The van der Waals surface area contributed by atoms with Gasteiger partial charge in [-0.3, -0.25) is 4.90 Å². The molecule has 1 aliphatic heterocycles. The summed E-state index contributed by atoms with van der Waals surface area (Å²) in [4.78, 5) is 2.33. The van der Waals surface area contributed by atoms with Crippen LogP contribution in [0.5, 0.6) is 17.2 Å². The molecule has 0 spiro atoms. The van der Waals surface area contributed by atoms with Gasteiger partial charge in [-0.25, -0.2) is 0 Å². The molecule has 1 aliphatic rings. The minimum absolute atomic E-state index is 0.204. The summed E-state index contributed by atoms with van der Waals surface area (Å²) >= 11 is 0. The first-order valence-corrected chi connectivity index (χ1v) is 11.5. The van der Waals surface area contributed by atoms with Crippen LogP contribution in [0.15, 0.2) is 84.4 Å². The van der Waals surface area contributed by atoms with E-state index in [1.807, 2.05) is 60.7 Å². The second kappa shape index (κ2) is 10.3. The molecular formula is C29H33NO4. The zero-order valence-corrected chi connectivity index (χ0v) is 20.3. The minimum atomic E-state index is -1.23. The van der Waals surface area contributed by atoms with Crippen molar-refractivity contribution in [2.75, 3.05) is 34.9 Å². The van der Waals surface area contributed by atoms with Gasteiger partial charge in [-0.15, -0.1) is 0 Å². The number of rotatable bonds is 8. The van der Waals surface area contributed by atoms with Gasteiger partial charge < -0.3 is 19.3 Å². The highest BCUT2D eigenvalue weighted by Gasteiger charge is 2.35. The second-order valence-corrected chi connectivity index (χ2v) is 8.80. The lowest BCUT2D eigenvalue weighted by molar-refractivity contribution is 0.0771. The van der Waals surface area contributed by atoms with E-state index < -0.39 is 5.60 Å². The Morgan fingerprint density at radius 1 is 0.824 bits per heavy atom. The molecular weight excluding hydrogens is 426 g/mol. The lowest BCUT2D eigenvalue weighted by Gasteiger charge is -2.37. The number of hydrogen-bond donors (Lipinski definition) is 1. The predicted octanol–water partition coefficient (Wildman–Crippen LogP) is 5.34. The zero-order valence-electron chi connectivity index (χ0n) is 20.3. The summed E-state index contributed by atoms with van der Waals surface area (Å²) in [6.07, 6.45) is 3.53. The standard InChI is InChI=1S/C29H33NO4/c1-30-15-14-21(16-28(30)22-8-5-11-25(17-22)32-2)20-29(31,23-9-6-12-26(18-23)33-3)24-10-7-13-27(19-24)34-4/h5-14,17-19,28,31H,15-16,20H2,1-4H3. The first kappa shape index (κ1) is 23.9. The molecule has 1 atom stereocenters. The summed E-state index contributed by atoms with van der Waals surface area (Å²) in [7, 11) is 7.11. The number of nitrogens with zero attached hydrogens (tertiary/aromatic N) is 1. The second-order valence-electron chi connectivity index (χ2n) is 8.80. The van der Waals surface area contributed by atoms with Crippen LogP contribution in [-0.4, -0.2) is 44.9 Å². The summed E-state index contributed by atoms with van der Waals surface area (Å²) in [6, 6.07) is 23.8. The average molecular weight is 460 g/mol. The Hall–Kier alpha value is -3.28. The van der Waals surface area contributed by atoms with Gasteiger partial charge in [0.25, 0.3) is 0 Å². The van der Waals surface area contributed by atoms with Crippen molar-refractivity contribution in [2.24, 2.45) is 0 Å². The maximum Gasteiger partial charge on any atom is 0.119 e. The number of methoxy groups -OCH3 is 3. The molecule has 1 N–H and O–H groups in total. The lowest BCUT2D eigenvalue weighted by Crippen LogP contribution is -2.33. The van der Waals surface area contributed by atoms with Gasteiger partial charge in [-0.2, -0.15) is 0 Å². The molecule has 178 valence electrons. The summed E-state index contributed by atoms with van der Waals surface area (Å²) in [5.74, 6) is 2.28. The van der Waals surface area contributed by atoms with E-state index in [-0.39, 0.29) is 6.04 Å². The first-order valence-electron chi connectivity index (χ1n) is 11.5. The van der Waals surface area contributed by atoms with Crippen LogP contribution >= 0.6 is 0 Å². The van der Waals surface area contributed by atoms with Crippen molar-refractivity contribution in [3.8, 4) is 17.2 Å². The molecule has 0 aromatic heterocycles. The summed E-state index contributed by atoms with van der Waals surface area (Å²) in [5.41, 5.74) is 2.76. The Labute approximate surface area is 202 Å². The molecule has 0 fully saturated rings. The fourth-order valence-electron chi connectivity index (χ4n) is 4.71. The Morgan fingerprint density at radius 3 is 1.91 bits per heavy atom. The Bertz CT molecular complexity index is 1110. The highest BCUT2D eigenvalue weighted by atomic mass is 16.5. The third kappa shape index (κ3) is 4.96. The molecule has 1 unspecified atom stereocenters. The number of benzene rings is 3. The van der Waals surface area contributed by atoms with Crippen LogP contribution in [-0.2, 0) is 5.60 Å². The van der Waals surface area contributed by atoms with Gasteiger partial charge in [0.1, 0.15) is 22.8 Å². The molecule has 34 heavy (non-hydrogen) atoms. The third-order valence-electron chi connectivity index (χ3n) is 6.71. The quantitative estimate of drug-likeness (QED) is 0.461. The van der Waals surface area contributed by atoms with E-state index >= 15 is 0 Å². The number of ether oxygens (including phenoxy) is 3. The average Bonchev–Trinajstić information content (AvgIpc) is 2.89. The fraction of sp³-hybridized carbons (Fsp3) is 0.310. The monoisotopic (exact) mass is 459 g/mol. The number of hydrogen-bond acceptors (Lipinski definition) is 5. The van der Waals surface area contributed by atoms with E-state index in [0.29, 0.717) is 17.9 Å². The molecule has 0 saturated heterocycles. The predicted molar refractivity (Wildman–Crippen MR) is 135 cm³/mol. The van der Waals surface area contributed by atoms with Crippen LogP contribution in [0, 0.1) is 0 Å². The Morgan fingerprint density at radius 2 is 1.35 bits per heavy atom. The summed E-state index contributed by atoms with van der Waals surface area (Å²) in [5, 5.41) is 12.3. The van der Waals surface area contributed by atoms with Crippen molar-refractivity contribution in [2.45, 2.75) is 24.5 Å². The van der Waals surface area contributed by atoms with Crippen molar-refractivity contribution in [1.29, 1.82) is 0 Å². The molecule has 0 radical (unpaired) electrons. The SMILES string of the molecule is COc1cccc(C2CC(CC(O)(c3cccc(OC)c3)c3cccc(OC)c3)=CCN2C)c1. The largest absolute Gasteiger partial charge is 0.497 e. The van der Waals surface area contributed by atoms with Gasteiger partial charge in [0.05, 0.1) is 21.3 Å². The molecule has 0 amide bonds. The molecule has 4 rings (SSSR count). The van der Waals surface area contributed by atoms with Gasteiger partial charge in [-0.05, 0) is 66.6 Å². The van der Waals surface area contributed by atoms with Crippen molar-refractivity contribution in [3.63, 3.8) is 0 Å². The molecule has 0 aliphatic carbocycles. The molecule has 0 bridgehead atoms. The lowest BCUT2D eigenvalue weighted by atomic mass is 9.78. The van der Waals surface area contributed by atoms with E-state index in [0.717, 1.165) is 29.8 Å². The Kier molecular flexibility index (Phi) is 7.25. The minimum Gasteiger partial charge on any atom is -0.497 e. The maximum absolute atomic E-state index is 12.3. The molecule has 5 nitrogen and oxygen atoms in total. The third-order valence-corrected chi connectivity index (χ3v) is 6.71. The van der Waals surface area contributed by atoms with E-state index in [9.17, 15) is 5.11 Å². The van der Waals surface area contributed by atoms with Gasteiger partial charge in [0, 0.05) is 19.0 Å². The van der Waals surface area contributed by atoms with Crippen LogP contribution < -0.4 is 14.2 Å². The van der Waals surface area contributed by atoms with Crippen LogP contribution in [0.3, 0.4) is 0 Å². The zero-order chi connectivity index (χ0) is 24.1. The van der Waals surface area contributed by atoms with Crippen LogP contribution in [0.4, 0.5) is 0 Å². The van der Waals surface area contributed by atoms with Gasteiger partial charge in [-0.1, -0.05) is 48.0 Å². The van der Waals surface area contributed by atoms with Crippen LogP contribution in [0.25, 0.3) is 0 Å². The summed E-state index contributed by atoms with van der Waals surface area (Å²) in [6.45, 7) is 0.809. The topological polar surface area (TPSA) is 51.2 Å². The number of aliphatic hydroxyl groups is 1. The maximum atomic E-state index is 12.3. The smallest absolute Gasteiger partial charge is 0.119 e. The molecule has 1 heterocycles. The van der Waals surface area contributed by atoms with Crippen molar-refractivity contribution >= 4 is 0 Å². The molecule has 3 aromatic carbocycles. The van der Waals surface area contributed by atoms with E-state index in [1.165, 1.54) is 11.1 Å². The van der Waals surface area contributed by atoms with Gasteiger partial charge in [0.15, 0.2) is 0 Å². The molecule has 3 aromatic rings. The highest BCUT2D eigenvalue weighted by Crippen LogP contribution is 2.42. The number of likely N-dealkylation sites (N-methyl/N-ethyl adjacent to an activating group) is 1. The van der Waals surface area contributed by atoms with Gasteiger partial charge >= 0.3 is 0 Å². The van der Waals surface area contributed by atoms with E-state index in [4.69, 9.17) is 14.2 Å². The van der Waals surface area contributed by atoms with E-state index in [2.05, 4.69) is 30.2 Å². The summed E-state index contributed by atoms with van der Waals surface area (Å²) < 4.78 is 16.4. The van der Waals surface area contributed by atoms with Crippen LogP contribution in [0.1, 0.15) is 35.6 Å². The van der Waals surface area contributed by atoms with Gasteiger partial charge in [0.2, 0.25) is 0 Å². The molecule has 5 heteroatoms. The van der Waals surface area contributed by atoms with Crippen LogP contribution in [0.2, 0.25) is 0 Å². The first-order chi connectivity index (χ1) is 16.5. The molecule has 0 saturated carbocycles. The normalized spacial score (nSPS) is 16.6. The van der Waals surface area contributed by atoms with Crippen molar-refractivity contribution in [3.05, 3.63) is 101 Å². The van der Waals surface area contributed by atoms with Crippen molar-refractivity contribution in [1.82, 2.24) is 4.90 Å².